The van der Waals surface area contributed by atoms with Gasteiger partial charge in [-0.1, -0.05) is 24.3 Å². The van der Waals surface area contributed by atoms with Crippen LogP contribution in [0.25, 0.3) is 0 Å². The number of benzene rings is 2. The largest absolute Gasteiger partial charge is 0.457 e. The van der Waals surface area contributed by atoms with E-state index in [1.54, 1.807) is 47.6 Å². The van der Waals surface area contributed by atoms with Crippen LogP contribution in [0.5, 0.6) is 11.5 Å². The first kappa shape index (κ1) is 20.3. The number of hydrogen-bond donors (Lipinski definition) is 0. The summed E-state index contributed by atoms with van der Waals surface area (Å²) >= 11 is 0. The van der Waals surface area contributed by atoms with E-state index in [2.05, 4.69) is 9.97 Å². The Labute approximate surface area is 180 Å². The van der Waals surface area contributed by atoms with Gasteiger partial charge in [-0.3, -0.25) is 4.79 Å². The third-order valence-electron chi connectivity index (χ3n) is 4.84. The van der Waals surface area contributed by atoms with E-state index in [9.17, 15) is 9.59 Å². The lowest BCUT2D eigenvalue weighted by molar-refractivity contribution is -0.134. The number of ether oxygens (including phenoxy) is 2. The number of nitrogens with zero attached hydrogens (tertiary/aromatic N) is 4. The van der Waals surface area contributed by atoms with Gasteiger partial charge in [0.2, 0.25) is 5.95 Å². The Balaban J connectivity index is 1.27. The van der Waals surface area contributed by atoms with E-state index >= 15 is 0 Å². The van der Waals surface area contributed by atoms with E-state index < -0.39 is 5.97 Å². The Hall–Kier alpha value is -3.94. The Kier molecular flexibility index (Phi) is 6.37. The molecule has 4 rings (SSSR count). The first-order valence-electron chi connectivity index (χ1n) is 9.99. The van der Waals surface area contributed by atoms with Gasteiger partial charge in [-0.25, -0.2) is 14.8 Å². The Morgan fingerprint density at radius 1 is 0.839 bits per heavy atom. The summed E-state index contributed by atoms with van der Waals surface area (Å²) in [7, 11) is 0. The fourth-order valence-electron chi connectivity index (χ4n) is 3.22. The van der Waals surface area contributed by atoms with Gasteiger partial charge < -0.3 is 19.3 Å². The molecule has 0 spiro atoms. The van der Waals surface area contributed by atoms with Gasteiger partial charge in [0.15, 0.2) is 6.61 Å². The molecule has 0 N–H and O–H groups in total. The zero-order chi connectivity index (χ0) is 21.5. The molecular formula is C23H22N4O4. The molecule has 2 heterocycles. The van der Waals surface area contributed by atoms with Crippen LogP contribution in [0.15, 0.2) is 73.1 Å². The van der Waals surface area contributed by atoms with Crippen molar-refractivity contribution in [2.24, 2.45) is 0 Å². The molecule has 8 heteroatoms. The topological polar surface area (TPSA) is 84.9 Å². The van der Waals surface area contributed by atoms with Crippen molar-refractivity contribution in [3.63, 3.8) is 0 Å². The van der Waals surface area contributed by atoms with Crippen molar-refractivity contribution in [3.8, 4) is 11.5 Å². The Bertz CT molecular complexity index is 1020. The number of rotatable bonds is 6. The maximum atomic E-state index is 12.5. The average Bonchev–Trinajstić information content (AvgIpc) is 2.84. The maximum Gasteiger partial charge on any atom is 0.338 e. The minimum Gasteiger partial charge on any atom is -0.457 e. The summed E-state index contributed by atoms with van der Waals surface area (Å²) in [5.41, 5.74) is 0.326. The van der Waals surface area contributed by atoms with Crippen LogP contribution in [-0.4, -0.2) is 59.5 Å². The van der Waals surface area contributed by atoms with E-state index in [0.717, 1.165) is 0 Å². The van der Waals surface area contributed by atoms with Gasteiger partial charge in [0.1, 0.15) is 11.5 Å². The fraction of sp³-hybridized carbons (Fsp3) is 0.217. The number of para-hydroxylation sites is 1. The van der Waals surface area contributed by atoms with Crippen LogP contribution in [0.2, 0.25) is 0 Å². The predicted octanol–water partition coefficient (Wildman–Crippen LogP) is 2.77. The lowest BCUT2D eigenvalue weighted by Gasteiger charge is -2.34. The molecule has 0 saturated carbocycles. The van der Waals surface area contributed by atoms with Crippen LogP contribution < -0.4 is 9.64 Å². The molecule has 31 heavy (non-hydrogen) atoms. The molecule has 1 saturated heterocycles. The lowest BCUT2D eigenvalue weighted by Crippen LogP contribution is -2.50. The van der Waals surface area contributed by atoms with Crippen molar-refractivity contribution in [1.82, 2.24) is 14.9 Å². The van der Waals surface area contributed by atoms with Gasteiger partial charge in [0.25, 0.3) is 5.91 Å². The van der Waals surface area contributed by atoms with Crippen molar-refractivity contribution >= 4 is 17.8 Å². The molecule has 0 unspecified atom stereocenters. The number of carbonyl (C=O) groups is 2. The second kappa shape index (κ2) is 9.71. The smallest absolute Gasteiger partial charge is 0.338 e. The first-order chi connectivity index (χ1) is 15.2. The quantitative estimate of drug-likeness (QED) is 0.569. The van der Waals surface area contributed by atoms with E-state index in [4.69, 9.17) is 9.47 Å². The lowest BCUT2D eigenvalue weighted by atomic mass is 10.2. The number of carbonyl (C=O) groups excluding carboxylic acids is 2. The number of aromatic nitrogens is 2. The molecule has 158 valence electrons. The molecule has 1 amide bonds. The monoisotopic (exact) mass is 418 g/mol. The van der Waals surface area contributed by atoms with E-state index in [1.165, 1.54) is 0 Å². The van der Waals surface area contributed by atoms with E-state index in [0.29, 0.717) is 49.2 Å². The molecule has 2 aromatic carbocycles. The summed E-state index contributed by atoms with van der Waals surface area (Å²) in [6.45, 7) is 2.00. The van der Waals surface area contributed by atoms with Crippen LogP contribution >= 0.6 is 0 Å². The van der Waals surface area contributed by atoms with Crippen LogP contribution in [0.1, 0.15) is 10.4 Å². The molecular weight excluding hydrogens is 396 g/mol. The minimum atomic E-state index is -0.566. The molecule has 1 aliphatic heterocycles. The second-order valence-corrected chi connectivity index (χ2v) is 6.94. The zero-order valence-electron chi connectivity index (χ0n) is 16.9. The highest BCUT2D eigenvalue weighted by molar-refractivity contribution is 5.91. The van der Waals surface area contributed by atoms with Crippen LogP contribution in [0.3, 0.4) is 0 Å². The molecule has 8 nitrogen and oxygen atoms in total. The highest BCUT2D eigenvalue weighted by Crippen LogP contribution is 2.22. The highest BCUT2D eigenvalue weighted by atomic mass is 16.5. The molecule has 0 aliphatic carbocycles. The Morgan fingerprint density at radius 2 is 1.55 bits per heavy atom. The van der Waals surface area contributed by atoms with Gasteiger partial charge in [-0.05, 0) is 36.4 Å². The van der Waals surface area contributed by atoms with E-state index in [-0.39, 0.29) is 12.5 Å². The SMILES string of the molecule is O=C(OCC(=O)N1CCN(c2ncccn2)CC1)c1cccc(Oc2ccccc2)c1. The second-order valence-electron chi connectivity index (χ2n) is 6.94. The molecule has 3 aromatic rings. The summed E-state index contributed by atoms with van der Waals surface area (Å²) < 4.78 is 11.0. The Morgan fingerprint density at radius 3 is 2.29 bits per heavy atom. The van der Waals surface area contributed by atoms with Gasteiger partial charge in [-0.15, -0.1) is 0 Å². The maximum absolute atomic E-state index is 12.5. The van der Waals surface area contributed by atoms with Gasteiger partial charge in [-0.2, -0.15) is 0 Å². The summed E-state index contributed by atoms with van der Waals surface area (Å²) in [5.74, 6) is 1.05. The fourth-order valence-corrected chi connectivity index (χ4v) is 3.22. The molecule has 1 fully saturated rings. The van der Waals surface area contributed by atoms with Crippen molar-refractivity contribution in [3.05, 3.63) is 78.6 Å². The van der Waals surface area contributed by atoms with Gasteiger partial charge in [0.05, 0.1) is 5.56 Å². The molecule has 0 bridgehead atoms. The van der Waals surface area contributed by atoms with E-state index in [1.807, 2.05) is 35.2 Å². The average molecular weight is 418 g/mol. The van der Waals surface area contributed by atoms with Crippen molar-refractivity contribution in [1.29, 1.82) is 0 Å². The van der Waals surface area contributed by atoms with Crippen molar-refractivity contribution in [2.75, 3.05) is 37.7 Å². The third kappa shape index (κ3) is 5.36. The van der Waals surface area contributed by atoms with Gasteiger partial charge in [0, 0.05) is 38.6 Å². The molecule has 0 atom stereocenters. The summed E-state index contributed by atoms with van der Waals surface area (Å²) in [4.78, 5) is 37.0. The van der Waals surface area contributed by atoms with Crippen molar-refractivity contribution < 1.29 is 19.1 Å². The van der Waals surface area contributed by atoms with Crippen LogP contribution in [-0.2, 0) is 9.53 Å². The zero-order valence-corrected chi connectivity index (χ0v) is 16.9. The van der Waals surface area contributed by atoms with Crippen LogP contribution in [0, 0.1) is 0 Å². The number of piperazine rings is 1. The molecule has 1 aliphatic rings. The number of hydrogen-bond acceptors (Lipinski definition) is 7. The summed E-state index contributed by atoms with van der Waals surface area (Å²) in [5, 5.41) is 0. The predicted molar refractivity (Wildman–Crippen MR) is 114 cm³/mol. The number of anilines is 1. The number of esters is 1. The van der Waals surface area contributed by atoms with Crippen molar-refractivity contribution in [2.45, 2.75) is 0 Å². The van der Waals surface area contributed by atoms with Gasteiger partial charge >= 0.3 is 5.97 Å². The minimum absolute atomic E-state index is 0.223. The third-order valence-corrected chi connectivity index (χ3v) is 4.84. The number of amides is 1. The van der Waals surface area contributed by atoms with Crippen LogP contribution in [0.4, 0.5) is 5.95 Å². The first-order valence-corrected chi connectivity index (χ1v) is 9.99. The standard InChI is InChI=1S/C23H22N4O4/c28-21(26-12-14-27(15-13-26)23-24-10-5-11-25-23)17-30-22(29)18-6-4-9-20(16-18)31-19-7-2-1-3-8-19/h1-11,16H,12-15,17H2. The summed E-state index contributed by atoms with van der Waals surface area (Å²) in [6.07, 6.45) is 3.39. The molecule has 0 radical (unpaired) electrons. The molecule has 1 aromatic heterocycles. The normalized spacial score (nSPS) is 13.5. The highest BCUT2D eigenvalue weighted by Gasteiger charge is 2.23. The summed E-state index contributed by atoms with van der Waals surface area (Å²) in [6, 6.07) is 17.7.